The molecule has 2 saturated heterocycles. The van der Waals surface area contributed by atoms with Crippen molar-refractivity contribution in [3.05, 3.63) is 36.3 Å². The van der Waals surface area contributed by atoms with Crippen molar-refractivity contribution in [3.63, 3.8) is 0 Å². The predicted octanol–water partition coefficient (Wildman–Crippen LogP) is 3.95. The first kappa shape index (κ1) is 22.1. The molecule has 0 radical (unpaired) electrons. The molecule has 2 aromatic heterocycles. The van der Waals surface area contributed by atoms with Crippen molar-refractivity contribution in [2.75, 3.05) is 38.8 Å². The molecule has 5 rings (SSSR count). The van der Waals surface area contributed by atoms with Gasteiger partial charge in [-0.05, 0) is 58.0 Å². The molecule has 0 unspecified atom stereocenters. The topological polar surface area (TPSA) is 55.7 Å². The van der Waals surface area contributed by atoms with E-state index in [1.165, 1.54) is 18.9 Å². The first-order chi connectivity index (χ1) is 16.0. The summed E-state index contributed by atoms with van der Waals surface area (Å²) >= 11 is 0. The summed E-state index contributed by atoms with van der Waals surface area (Å²) in [5.74, 6) is 1.88. The lowest BCUT2D eigenvalue weighted by molar-refractivity contribution is -0.0267. The van der Waals surface area contributed by atoms with Gasteiger partial charge in [0.1, 0.15) is 28.4 Å². The number of nitrogens with zero attached hydrogens (tertiary/aromatic N) is 5. The number of ether oxygens (including phenoxy) is 2. The smallest absolute Gasteiger partial charge is 0.151 e. The van der Waals surface area contributed by atoms with Gasteiger partial charge in [-0.1, -0.05) is 0 Å². The molecule has 0 aliphatic carbocycles. The second-order valence-corrected chi connectivity index (χ2v) is 9.34. The Morgan fingerprint density at radius 2 is 1.94 bits per heavy atom. The van der Waals surface area contributed by atoms with E-state index in [0.717, 1.165) is 24.5 Å². The molecule has 7 nitrogen and oxygen atoms in total. The third-order valence-electron chi connectivity index (χ3n) is 6.98. The summed E-state index contributed by atoms with van der Waals surface area (Å²) in [6, 6.07) is 8.10. The van der Waals surface area contributed by atoms with Gasteiger partial charge in [0.25, 0.3) is 0 Å². The van der Waals surface area contributed by atoms with E-state index in [2.05, 4.69) is 36.8 Å². The van der Waals surface area contributed by atoms with Crippen LogP contribution in [0.2, 0.25) is 0 Å². The molecule has 8 heteroatoms. The highest BCUT2D eigenvalue weighted by Crippen LogP contribution is 2.34. The fraction of sp³-hybridized carbons (Fsp3) is 0.520. The van der Waals surface area contributed by atoms with Crippen LogP contribution in [0.25, 0.3) is 22.4 Å². The van der Waals surface area contributed by atoms with Gasteiger partial charge in [-0.2, -0.15) is 0 Å². The molecule has 2 aliphatic rings. The lowest BCUT2D eigenvalue weighted by Crippen LogP contribution is -2.42. The Hall–Kier alpha value is -2.71. The SMILES string of the molecule is COc1ccc(F)c2nc(-c3ccc(N4[C@@H](C)CC[C@@H]4C)nc3)n(C[C@@H]3CN(C)CCO3)c12. The molecular formula is C25H32FN5O2. The number of fused-ring (bicyclic) bond motifs is 1. The normalized spacial score (nSPS) is 24.0. The van der Waals surface area contributed by atoms with Crippen LogP contribution >= 0.6 is 0 Å². The van der Waals surface area contributed by atoms with Crippen LogP contribution in [-0.4, -0.2) is 71.5 Å². The summed E-state index contributed by atoms with van der Waals surface area (Å²) in [5.41, 5.74) is 1.80. The Morgan fingerprint density at radius 1 is 1.15 bits per heavy atom. The maximum Gasteiger partial charge on any atom is 0.151 e. The Bertz CT molecular complexity index is 1120. The Labute approximate surface area is 194 Å². The maximum absolute atomic E-state index is 14.8. The van der Waals surface area contributed by atoms with Crippen LogP contribution < -0.4 is 9.64 Å². The van der Waals surface area contributed by atoms with Gasteiger partial charge in [0, 0.05) is 36.9 Å². The molecule has 176 valence electrons. The number of rotatable bonds is 5. The summed E-state index contributed by atoms with van der Waals surface area (Å²) in [7, 11) is 3.69. The standard InChI is InChI=1S/C25H32FN5O2/c1-16-5-6-17(2)31(16)22-10-7-18(13-27-22)25-28-23-20(26)8-9-21(32-4)24(23)30(25)15-19-14-29(3)11-12-33-19/h7-10,13,16-17,19H,5-6,11-12,14-15H2,1-4H3/t16-,17-,19-/m0/s1. The Kier molecular flexibility index (Phi) is 5.97. The van der Waals surface area contributed by atoms with Crippen LogP contribution in [0, 0.1) is 5.82 Å². The molecule has 0 amide bonds. The Morgan fingerprint density at radius 3 is 2.61 bits per heavy atom. The zero-order chi connectivity index (χ0) is 23.1. The molecule has 0 spiro atoms. The van der Waals surface area contributed by atoms with Gasteiger partial charge >= 0.3 is 0 Å². The largest absolute Gasteiger partial charge is 0.494 e. The number of anilines is 1. The molecular weight excluding hydrogens is 421 g/mol. The van der Waals surface area contributed by atoms with Gasteiger partial charge in [-0.25, -0.2) is 14.4 Å². The molecule has 2 fully saturated rings. The molecule has 1 aromatic carbocycles. The molecule has 3 aromatic rings. The number of hydrogen-bond donors (Lipinski definition) is 0. The Balaban J connectivity index is 1.57. The monoisotopic (exact) mass is 453 g/mol. The van der Waals surface area contributed by atoms with Gasteiger partial charge in [0.05, 0.1) is 26.4 Å². The van der Waals surface area contributed by atoms with E-state index in [1.807, 2.05) is 16.8 Å². The summed E-state index contributed by atoms with van der Waals surface area (Å²) in [5, 5.41) is 0. The average Bonchev–Trinajstić information content (AvgIpc) is 3.35. The number of methoxy groups -OCH3 is 1. The van der Waals surface area contributed by atoms with Crippen LogP contribution in [0.1, 0.15) is 26.7 Å². The second-order valence-electron chi connectivity index (χ2n) is 9.34. The average molecular weight is 454 g/mol. The number of halogens is 1. The van der Waals surface area contributed by atoms with E-state index in [-0.39, 0.29) is 11.9 Å². The van der Waals surface area contributed by atoms with Crippen molar-refractivity contribution in [2.24, 2.45) is 0 Å². The molecule has 33 heavy (non-hydrogen) atoms. The molecule has 3 atom stereocenters. The van der Waals surface area contributed by atoms with Gasteiger partial charge in [0.15, 0.2) is 5.82 Å². The first-order valence-electron chi connectivity index (χ1n) is 11.7. The van der Waals surface area contributed by atoms with Crippen LogP contribution in [-0.2, 0) is 11.3 Å². The van der Waals surface area contributed by atoms with E-state index in [9.17, 15) is 4.39 Å². The van der Waals surface area contributed by atoms with Crippen molar-refractivity contribution >= 4 is 16.9 Å². The third kappa shape index (κ3) is 4.06. The third-order valence-corrected chi connectivity index (χ3v) is 6.98. The lowest BCUT2D eigenvalue weighted by atomic mass is 10.2. The summed E-state index contributed by atoms with van der Waals surface area (Å²) in [6.45, 7) is 7.43. The predicted molar refractivity (Wildman–Crippen MR) is 127 cm³/mol. The van der Waals surface area contributed by atoms with E-state index >= 15 is 0 Å². The van der Waals surface area contributed by atoms with Crippen molar-refractivity contribution in [1.29, 1.82) is 0 Å². The molecule has 4 heterocycles. The minimum atomic E-state index is -0.364. The molecule has 0 N–H and O–H groups in total. The summed E-state index contributed by atoms with van der Waals surface area (Å²) < 4.78 is 28.5. The number of hydrogen-bond acceptors (Lipinski definition) is 6. The van der Waals surface area contributed by atoms with E-state index in [4.69, 9.17) is 19.4 Å². The highest BCUT2D eigenvalue weighted by atomic mass is 19.1. The van der Waals surface area contributed by atoms with Gasteiger partial charge < -0.3 is 23.8 Å². The number of pyridine rings is 1. The van der Waals surface area contributed by atoms with Gasteiger partial charge in [-0.3, -0.25) is 0 Å². The molecule has 0 bridgehead atoms. The summed E-state index contributed by atoms with van der Waals surface area (Å²) in [4.78, 5) is 14.1. The van der Waals surface area contributed by atoms with E-state index in [0.29, 0.717) is 47.8 Å². The van der Waals surface area contributed by atoms with E-state index in [1.54, 1.807) is 13.2 Å². The molecule has 2 aliphatic heterocycles. The highest BCUT2D eigenvalue weighted by Gasteiger charge is 2.29. The lowest BCUT2D eigenvalue weighted by Gasteiger charge is -2.30. The minimum absolute atomic E-state index is 0.0218. The number of morpholine rings is 1. The van der Waals surface area contributed by atoms with Crippen LogP contribution in [0.3, 0.4) is 0 Å². The van der Waals surface area contributed by atoms with Crippen molar-refractivity contribution in [3.8, 4) is 17.1 Å². The fourth-order valence-corrected chi connectivity index (χ4v) is 5.24. The van der Waals surface area contributed by atoms with Crippen LogP contribution in [0.4, 0.5) is 10.2 Å². The molecule has 0 saturated carbocycles. The van der Waals surface area contributed by atoms with Gasteiger partial charge in [-0.15, -0.1) is 0 Å². The number of benzene rings is 1. The minimum Gasteiger partial charge on any atom is -0.494 e. The number of imidazole rings is 1. The summed E-state index contributed by atoms with van der Waals surface area (Å²) in [6.07, 6.45) is 4.18. The van der Waals surface area contributed by atoms with E-state index < -0.39 is 0 Å². The van der Waals surface area contributed by atoms with Crippen LogP contribution in [0.5, 0.6) is 5.75 Å². The number of aromatic nitrogens is 3. The van der Waals surface area contributed by atoms with Crippen molar-refractivity contribution < 1.29 is 13.9 Å². The van der Waals surface area contributed by atoms with Crippen molar-refractivity contribution in [2.45, 2.75) is 51.4 Å². The number of likely N-dealkylation sites (N-methyl/N-ethyl adjacent to an activating group) is 1. The van der Waals surface area contributed by atoms with Crippen LogP contribution in [0.15, 0.2) is 30.5 Å². The maximum atomic E-state index is 14.8. The zero-order valence-corrected chi connectivity index (χ0v) is 19.8. The second kappa shape index (κ2) is 8.91. The van der Waals surface area contributed by atoms with Crippen molar-refractivity contribution in [1.82, 2.24) is 19.4 Å². The highest BCUT2D eigenvalue weighted by molar-refractivity contribution is 5.86. The fourth-order valence-electron chi connectivity index (χ4n) is 5.24. The zero-order valence-electron chi connectivity index (χ0n) is 19.8. The quantitative estimate of drug-likeness (QED) is 0.583. The van der Waals surface area contributed by atoms with Gasteiger partial charge in [0.2, 0.25) is 0 Å². The first-order valence-corrected chi connectivity index (χ1v) is 11.7.